The molecule has 1 aliphatic heterocycles. The molecule has 5 nitrogen and oxygen atoms in total. The van der Waals surface area contributed by atoms with Gasteiger partial charge in [-0.3, -0.25) is 14.6 Å². The number of nitrogens with zero attached hydrogens (tertiary/aromatic N) is 2. The fourth-order valence-corrected chi connectivity index (χ4v) is 4.32. The number of carbonyl (C=O) groups is 2. The van der Waals surface area contributed by atoms with Crippen molar-refractivity contribution < 1.29 is 14.7 Å². The molecule has 1 amide bonds. The summed E-state index contributed by atoms with van der Waals surface area (Å²) in [6, 6.07) is 24.8. The zero-order valence-corrected chi connectivity index (χ0v) is 18.2. The van der Waals surface area contributed by atoms with E-state index in [0.717, 1.165) is 10.8 Å². The van der Waals surface area contributed by atoms with Gasteiger partial charge in [0.1, 0.15) is 5.76 Å². The molecule has 0 aliphatic carbocycles. The fourth-order valence-electron chi connectivity index (χ4n) is 4.19. The number of hydrogen-bond donors (Lipinski definition) is 1. The lowest BCUT2D eigenvalue weighted by Gasteiger charge is -2.25. The summed E-state index contributed by atoms with van der Waals surface area (Å²) in [5, 5.41) is 13.7. The summed E-state index contributed by atoms with van der Waals surface area (Å²) in [6.07, 6.45) is 1.64. The van der Waals surface area contributed by atoms with E-state index in [0.29, 0.717) is 21.8 Å². The molecule has 2 heterocycles. The molecule has 1 aromatic heterocycles. The first-order valence-corrected chi connectivity index (χ1v) is 10.8. The van der Waals surface area contributed by atoms with Gasteiger partial charge in [-0.1, -0.05) is 66.2 Å². The number of aliphatic hydroxyl groups is 1. The van der Waals surface area contributed by atoms with E-state index in [2.05, 4.69) is 4.98 Å². The average molecular weight is 455 g/mol. The minimum Gasteiger partial charge on any atom is -0.507 e. The van der Waals surface area contributed by atoms with Crippen LogP contribution >= 0.6 is 11.6 Å². The maximum Gasteiger partial charge on any atom is 0.296 e. The van der Waals surface area contributed by atoms with Gasteiger partial charge in [-0.2, -0.15) is 0 Å². The lowest BCUT2D eigenvalue weighted by Crippen LogP contribution is -2.29. The van der Waals surface area contributed by atoms with E-state index in [9.17, 15) is 14.7 Å². The van der Waals surface area contributed by atoms with Gasteiger partial charge in [-0.25, -0.2) is 0 Å². The Morgan fingerprint density at radius 3 is 2.36 bits per heavy atom. The molecule has 0 saturated carbocycles. The third-order valence-electron chi connectivity index (χ3n) is 5.81. The van der Waals surface area contributed by atoms with Crippen LogP contribution in [-0.2, 0) is 16.1 Å². The van der Waals surface area contributed by atoms with Crippen LogP contribution in [0.2, 0.25) is 5.02 Å². The predicted octanol–water partition coefficient (Wildman–Crippen LogP) is 5.51. The highest BCUT2D eigenvalue weighted by atomic mass is 35.5. The monoisotopic (exact) mass is 454 g/mol. The van der Waals surface area contributed by atoms with Gasteiger partial charge in [-0.15, -0.1) is 0 Å². The van der Waals surface area contributed by atoms with Crippen molar-refractivity contribution in [2.45, 2.75) is 12.6 Å². The molecule has 1 N–H and O–H groups in total. The molecular weight excluding hydrogens is 436 g/mol. The second-order valence-corrected chi connectivity index (χ2v) is 8.30. The Morgan fingerprint density at radius 2 is 1.64 bits per heavy atom. The van der Waals surface area contributed by atoms with E-state index in [4.69, 9.17) is 11.6 Å². The highest BCUT2D eigenvalue weighted by Crippen LogP contribution is 2.40. The molecule has 0 spiro atoms. The van der Waals surface area contributed by atoms with Crippen LogP contribution in [0.1, 0.15) is 22.9 Å². The molecule has 33 heavy (non-hydrogen) atoms. The zero-order valence-electron chi connectivity index (χ0n) is 17.5. The summed E-state index contributed by atoms with van der Waals surface area (Å²) < 4.78 is 0. The van der Waals surface area contributed by atoms with Crippen molar-refractivity contribution in [3.8, 4) is 0 Å². The Balaban J connectivity index is 1.66. The van der Waals surface area contributed by atoms with Crippen LogP contribution in [0.4, 0.5) is 0 Å². The van der Waals surface area contributed by atoms with E-state index in [1.165, 1.54) is 4.90 Å². The van der Waals surface area contributed by atoms with Crippen molar-refractivity contribution in [1.82, 2.24) is 9.88 Å². The van der Waals surface area contributed by atoms with Gasteiger partial charge in [0.25, 0.3) is 11.7 Å². The number of pyridine rings is 1. The van der Waals surface area contributed by atoms with Gasteiger partial charge in [0.15, 0.2) is 0 Å². The van der Waals surface area contributed by atoms with Crippen LogP contribution in [-0.4, -0.2) is 26.7 Å². The summed E-state index contributed by atoms with van der Waals surface area (Å²) in [7, 11) is 0. The summed E-state index contributed by atoms with van der Waals surface area (Å²) in [6.45, 7) is 0.132. The van der Waals surface area contributed by atoms with Gasteiger partial charge >= 0.3 is 0 Å². The first-order valence-electron chi connectivity index (χ1n) is 10.5. The normalized spacial score (nSPS) is 17.6. The Hall–Kier alpha value is -3.96. The number of likely N-dealkylation sites (tertiary alicyclic amines) is 1. The largest absolute Gasteiger partial charge is 0.507 e. The lowest BCUT2D eigenvalue weighted by atomic mass is 9.94. The third kappa shape index (κ3) is 3.88. The van der Waals surface area contributed by atoms with Gasteiger partial charge in [0, 0.05) is 16.8 Å². The molecule has 0 radical (unpaired) electrons. The minimum absolute atomic E-state index is 0.0496. The number of carbonyl (C=O) groups excluding carboxylic acids is 2. The predicted molar refractivity (Wildman–Crippen MR) is 127 cm³/mol. The van der Waals surface area contributed by atoms with Crippen molar-refractivity contribution in [3.63, 3.8) is 0 Å². The number of aliphatic hydroxyl groups excluding tert-OH is 1. The van der Waals surface area contributed by atoms with Gasteiger partial charge < -0.3 is 10.0 Å². The number of benzene rings is 3. The van der Waals surface area contributed by atoms with Crippen molar-refractivity contribution in [1.29, 1.82) is 0 Å². The van der Waals surface area contributed by atoms with E-state index in [1.54, 1.807) is 48.7 Å². The Labute approximate surface area is 195 Å². The van der Waals surface area contributed by atoms with Crippen molar-refractivity contribution in [2.75, 3.05) is 0 Å². The van der Waals surface area contributed by atoms with Crippen LogP contribution in [0.5, 0.6) is 0 Å². The number of Topliss-reactive ketones (excluding diaryl/α,β-unsaturated/α-hetero) is 1. The van der Waals surface area contributed by atoms with E-state index < -0.39 is 17.7 Å². The first kappa shape index (κ1) is 20.9. The highest BCUT2D eigenvalue weighted by Gasteiger charge is 2.46. The molecular formula is C27H19ClN2O3. The number of amides is 1. The van der Waals surface area contributed by atoms with Crippen molar-refractivity contribution in [3.05, 3.63) is 119 Å². The number of hydrogen-bond acceptors (Lipinski definition) is 4. The molecule has 162 valence electrons. The van der Waals surface area contributed by atoms with E-state index >= 15 is 0 Å². The summed E-state index contributed by atoms with van der Waals surface area (Å²) in [4.78, 5) is 32.0. The SMILES string of the molecule is O=C1C(=O)N(Cc2ccccn2)C(c2ccc(Cl)cc2)/C1=C(/O)c1ccc2ccccc2c1. The van der Waals surface area contributed by atoms with E-state index in [1.807, 2.05) is 42.5 Å². The van der Waals surface area contributed by atoms with Crippen molar-refractivity contribution in [2.24, 2.45) is 0 Å². The standard InChI is InChI=1S/C27H19ClN2O3/c28-21-12-10-18(11-13-21)24-23(25(31)20-9-8-17-5-1-2-6-19(17)15-20)26(32)27(33)30(24)16-22-7-3-4-14-29-22/h1-15,24,31H,16H2/b25-23-. The lowest BCUT2D eigenvalue weighted by molar-refractivity contribution is -0.140. The Kier molecular flexibility index (Phi) is 5.40. The molecule has 4 aromatic rings. The van der Waals surface area contributed by atoms with Gasteiger partial charge in [-0.05, 0) is 46.7 Å². The molecule has 5 rings (SSSR count). The van der Waals surface area contributed by atoms with Crippen molar-refractivity contribution >= 4 is 39.8 Å². The summed E-state index contributed by atoms with van der Waals surface area (Å²) in [5.74, 6) is -1.61. The highest BCUT2D eigenvalue weighted by molar-refractivity contribution is 6.46. The third-order valence-corrected chi connectivity index (χ3v) is 6.06. The topological polar surface area (TPSA) is 70.5 Å². The first-order chi connectivity index (χ1) is 16.0. The average Bonchev–Trinajstić information content (AvgIpc) is 3.09. The maximum atomic E-state index is 13.2. The maximum absolute atomic E-state index is 13.2. The van der Waals surface area contributed by atoms with Crippen LogP contribution in [0.25, 0.3) is 16.5 Å². The van der Waals surface area contributed by atoms with Crippen LogP contribution in [0.3, 0.4) is 0 Å². The summed E-state index contributed by atoms with van der Waals surface area (Å²) in [5.41, 5.74) is 1.85. The second kappa shape index (κ2) is 8.52. The van der Waals surface area contributed by atoms with Crippen LogP contribution in [0, 0.1) is 0 Å². The molecule has 3 aromatic carbocycles. The van der Waals surface area contributed by atoms with Gasteiger partial charge in [0.2, 0.25) is 0 Å². The van der Waals surface area contributed by atoms with Gasteiger partial charge in [0.05, 0.1) is 23.9 Å². The molecule has 1 saturated heterocycles. The number of ketones is 1. The molecule has 1 atom stereocenters. The Morgan fingerprint density at radius 1 is 0.909 bits per heavy atom. The van der Waals surface area contributed by atoms with E-state index in [-0.39, 0.29) is 17.9 Å². The molecule has 6 heteroatoms. The van der Waals surface area contributed by atoms with Crippen LogP contribution < -0.4 is 0 Å². The number of fused-ring (bicyclic) bond motifs is 1. The number of aromatic nitrogens is 1. The summed E-state index contributed by atoms with van der Waals surface area (Å²) >= 11 is 6.07. The molecule has 0 bridgehead atoms. The number of rotatable bonds is 4. The van der Waals surface area contributed by atoms with Crippen LogP contribution in [0.15, 0.2) is 96.7 Å². The fraction of sp³-hybridized carbons (Fsp3) is 0.0741. The zero-order chi connectivity index (χ0) is 22.9. The molecule has 1 unspecified atom stereocenters. The minimum atomic E-state index is -0.768. The molecule has 1 fully saturated rings. The molecule has 1 aliphatic rings. The second-order valence-electron chi connectivity index (χ2n) is 7.86. The smallest absolute Gasteiger partial charge is 0.296 e. The number of halogens is 1. The quantitative estimate of drug-likeness (QED) is 0.251. The Bertz CT molecular complexity index is 1400.